The number of benzene rings is 1. The first-order chi connectivity index (χ1) is 7.77. The molecule has 0 aliphatic rings. The quantitative estimate of drug-likeness (QED) is 0.773. The lowest BCUT2D eigenvalue weighted by atomic mass is 10.2. The number of para-hydroxylation sites is 1. The predicted octanol–water partition coefficient (Wildman–Crippen LogP) is 3.21. The van der Waals surface area contributed by atoms with Crippen LogP contribution in [0.5, 0.6) is 0 Å². The fraction of sp³-hybridized carbons (Fsp3) is 0.308. The number of aryl methyl sites for hydroxylation is 1. The average Bonchev–Trinajstić information content (AvgIpc) is 2.67. The van der Waals surface area contributed by atoms with E-state index >= 15 is 0 Å². The summed E-state index contributed by atoms with van der Waals surface area (Å²) in [6, 6.07) is 9.87. The molecule has 0 saturated carbocycles. The van der Waals surface area contributed by atoms with Gasteiger partial charge in [0.15, 0.2) is 0 Å². The Kier molecular flexibility index (Phi) is 2.95. The van der Waals surface area contributed by atoms with Crippen LogP contribution in [0.1, 0.15) is 19.5 Å². The zero-order chi connectivity index (χ0) is 11.5. The maximum Gasteiger partial charge on any atom is 0.418 e. The van der Waals surface area contributed by atoms with Gasteiger partial charge in [0.1, 0.15) is 0 Å². The second kappa shape index (κ2) is 4.39. The molecule has 3 nitrogen and oxygen atoms in total. The number of ether oxygens (including phenoxy) is 1. The van der Waals surface area contributed by atoms with Gasteiger partial charge in [-0.25, -0.2) is 9.36 Å². The highest BCUT2D eigenvalue weighted by Gasteiger charge is 2.13. The highest BCUT2D eigenvalue weighted by Crippen LogP contribution is 2.20. The number of fused-ring (bicyclic) bond motifs is 1. The summed E-state index contributed by atoms with van der Waals surface area (Å²) in [5.41, 5.74) is 1.90. The van der Waals surface area contributed by atoms with Crippen LogP contribution >= 0.6 is 0 Å². The third-order valence-electron chi connectivity index (χ3n) is 2.60. The molecule has 1 aromatic carbocycles. The largest absolute Gasteiger partial charge is 0.449 e. The lowest BCUT2D eigenvalue weighted by Crippen LogP contribution is -2.15. The summed E-state index contributed by atoms with van der Waals surface area (Å²) in [5.74, 6) is 0. The average molecular weight is 217 g/mol. The molecule has 16 heavy (non-hydrogen) atoms. The number of hydrogen-bond donors (Lipinski definition) is 0. The molecule has 0 bridgehead atoms. The van der Waals surface area contributed by atoms with Crippen LogP contribution in [0, 0.1) is 0 Å². The minimum atomic E-state index is -0.291. The number of hydrogen-bond acceptors (Lipinski definition) is 2. The first-order valence-electron chi connectivity index (χ1n) is 5.54. The summed E-state index contributed by atoms with van der Waals surface area (Å²) in [4.78, 5) is 11.8. The standard InChI is InChI=1S/C13H15NO2/c1-3-11-9-10-7-5-6-8-12(10)14(11)13(15)16-4-2/h5-9H,3-4H2,1-2H3. The molecule has 0 radical (unpaired) electrons. The Hall–Kier alpha value is -1.77. The Balaban J connectivity index is 2.60. The molecule has 0 aliphatic carbocycles. The van der Waals surface area contributed by atoms with Crippen LogP contribution in [-0.4, -0.2) is 17.3 Å². The van der Waals surface area contributed by atoms with Crippen molar-refractivity contribution in [3.63, 3.8) is 0 Å². The number of rotatable bonds is 2. The fourth-order valence-electron chi connectivity index (χ4n) is 1.88. The third kappa shape index (κ3) is 1.69. The number of nitrogens with zero attached hydrogens (tertiary/aromatic N) is 1. The molecular formula is C13H15NO2. The molecule has 0 amide bonds. The highest BCUT2D eigenvalue weighted by molar-refractivity contribution is 5.90. The molecule has 0 N–H and O–H groups in total. The van der Waals surface area contributed by atoms with E-state index in [2.05, 4.69) is 0 Å². The second-order valence-corrected chi connectivity index (χ2v) is 3.58. The van der Waals surface area contributed by atoms with E-state index in [9.17, 15) is 4.79 Å². The van der Waals surface area contributed by atoms with E-state index in [1.807, 2.05) is 44.2 Å². The molecule has 0 saturated heterocycles. The number of carbonyl (C=O) groups is 1. The first-order valence-corrected chi connectivity index (χ1v) is 5.54. The molecule has 0 unspecified atom stereocenters. The monoisotopic (exact) mass is 217 g/mol. The second-order valence-electron chi connectivity index (χ2n) is 3.58. The summed E-state index contributed by atoms with van der Waals surface area (Å²) in [5, 5.41) is 1.08. The minimum absolute atomic E-state index is 0.291. The smallest absolute Gasteiger partial charge is 0.418 e. The van der Waals surface area contributed by atoms with Gasteiger partial charge in [0.05, 0.1) is 12.1 Å². The molecular weight excluding hydrogens is 202 g/mol. The van der Waals surface area contributed by atoms with Crippen molar-refractivity contribution in [2.45, 2.75) is 20.3 Å². The van der Waals surface area contributed by atoms with E-state index in [-0.39, 0.29) is 6.09 Å². The Bertz CT molecular complexity index is 514. The van der Waals surface area contributed by atoms with Crippen molar-refractivity contribution in [1.29, 1.82) is 0 Å². The van der Waals surface area contributed by atoms with Gasteiger partial charge in [0.25, 0.3) is 0 Å². The van der Waals surface area contributed by atoms with Crippen LogP contribution in [-0.2, 0) is 11.2 Å². The van der Waals surface area contributed by atoms with Gasteiger partial charge >= 0.3 is 6.09 Å². The maximum atomic E-state index is 11.8. The molecule has 84 valence electrons. The Morgan fingerprint density at radius 3 is 2.75 bits per heavy atom. The van der Waals surface area contributed by atoms with Crippen LogP contribution in [0.15, 0.2) is 30.3 Å². The van der Waals surface area contributed by atoms with E-state index in [0.717, 1.165) is 23.0 Å². The number of carbonyl (C=O) groups excluding carboxylic acids is 1. The van der Waals surface area contributed by atoms with Gasteiger partial charge in [-0.1, -0.05) is 25.1 Å². The molecule has 1 heterocycles. The van der Waals surface area contributed by atoms with Gasteiger partial charge in [-0.15, -0.1) is 0 Å². The van der Waals surface area contributed by atoms with E-state index in [0.29, 0.717) is 6.61 Å². The maximum absolute atomic E-state index is 11.8. The zero-order valence-electron chi connectivity index (χ0n) is 9.56. The first kappa shape index (κ1) is 10.7. The minimum Gasteiger partial charge on any atom is -0.449 e. The van der Waals surface area contributed by atoms with Gasteiger partial charge in [-0.3, -0.25) is 0 Å². The van der Waals surface area contributed by atoms with Gasteiger partial charge in [0, 0.05) is 11.1 Å². The van der Waals surface area contributed by atoms with Crippen molar-refractivity contribution in [3.8, 4) is 0 Å². The normalized spacial score (nSPS) is 10.6. The van der Waals surface area contributed by atoms with Crippen LogP contribution in [0.2, 0.25) is 0 Å². The van der Waals surface area contributed by atoms with Crippen molar-refractivity contribution in [2.75, 3.05) is 6.61 Å². The van der Waals surface area contributed by atoms with Crippen molar-refractivity contribution in [1.82, 2.24) is 4.57 Å². The Labute approximate surface area is 94.6 Å². The summed E-state index contributed by atoms with van der Waals surface area (Å²) in [6.07, 6.45) is 0.522. The van der Waals surface area contributed by atoms with Crippen molar-refractivity contribution in [3.05, 3.63) is 36.0 Å². The molecule has 0 fully saturated rings. The van der Waals surface area contributed by atoms with E-state index in [4.69, 9.17) is 4.74 Å². The topological polar surface area (TPSA) is 31.2 Å². The molecule has 3 heteroatoms. The predicted molar refractivity (Wildman–Crippen MR) is 63.7 cm³/mol. The summed E-state index contributed by atoms with van der Waals surface area (Å²) >= 11 is 0. The van der Waals surface area contributed by atoms with Crippen molar-refractivity contribution < 1.29 is 9.53 Å². The van der Waals surface area contributed by atoms with Gasteiger partial charge < -0.3 is 4.74 Å². The van der Waals surface area contributed by atoms with Crippen LogP contribution < -0.4 is 0 Å². The summed E-state index contributed by atoms with van der Waals surface area (Å²) in [7, 11) is 0. The van der Waals surface area contributed by atoms with Crippen LogP contribution in [0.4, 0.5) is 4.79 Å². The highest BCUT2D eigenvalue weighted by atomic mass is 16.5. The third-order valence-corrected chi connectivity index (χ3v) is 2.60. The van der Waals surface area contributed by atoms with Gasteiger partial charge in [-0.05, 0) is 25.5 Å². The van der Waals surface area contributed by atoms with E-state index in [1.54, 1.807) is 4.57 Å². The Morgan fingerprint density at radius 1 is 1.31 bits per heavy atom. The van der Waals surface area contributed by atoms with Gasteiger partial charge in [0.2, 0.25) is 0 Å². The SMILES string of the molecule is CCOC(=O)n1c(CC)cc2ccccc21. The molecule has 2 aromatic rings. The Morgan fingerprint density at radius 2 is 2.06 bits per heavy atom. The van der Waals surface area contributed by atoms with Crippen LogP contribution in [0.3, 0.4) is 0 Å². The molecule has 0 aliphatic heterocycles. The van der Waals surface area contributed by atoms with E-state index in [1.165, 1.54) is 0 Å². The lowest BCUT2D eigenvalue weighted by molar-refractivity contribution is 0.154. The molecule has 0 spiro atoms. The number of aromatic nitrogens is 1. The fourth-order valence-corrected chi connectivity index (χ4v) is 1.88. The zero-order valence-corrected chi connectivity index (χ0v) is 9.56. The van der Waals surface area contributed by atoms with Crippen molar-refractivity contribution in [2.24, 2.45) is 0 Å². The van der Waals surface area contributed by atoms with Crippen LogP contribution in [0.25, 0.3) is 10.9 Å². The summed E-state index contributed by atoms with van der Waals surface area (Å²) in [6.45, 7) is 4.24. The summed E-state index contributed by atoms with van der Waals surface area (Å²) < 4.78 is 6.71. The lowest BCUT2D eigenvalue weighted by Gasteiger charge is -2.07. The molecule has 2 rings (SSSR count). The van der Waals surface area contributed by atoms with Gasteiger partial charge in [-0.2, -0.15) is 0 Å². The van der Waals surface area contributed by atoms with Crippen molar-refractivity contribution >= 4 is 17.0 Å². The molecule has 1 aromatic heterocycles. The van der Waals surface area contributed by atoms with E-state index < -0.39 is 0 Å². The molecule has 0 atom stereocenters.